The molecule has 1 saturated carbocycles. The van der Waals surface area contributed by atoms with Crippen molar-refractivity contribution in [2.75, 3.05) is 19.0 Å². The van der Waals surface area contributed by atoms with Gasteiger partial charge in [-0.3, -0.25) is 27.7 Å². The second-order valence-electron chi connectivity index (χ2n) is 17.1. The first kappa shape index (κ1) is 62.5. The smallest absolute Gasteiger partial charge is 0.466 e. The van der Waals surface area contributed by atoms with Crippen molar-refractivity contribution in [1.29, 1.82) is 0 Å². The normalized spacial score (nSPS) is 21.8. The van der Waals surface area contributed by atoms with Gasteiger partial charge < -0.3 is 49.3 Å². The molecule has 0 bridgehead atoms. The van der Waals surface area contributed by atoms with Crippen LogP contribution in [0.4, 0.5) is 0 Å². The molecule has 65 heavy (non-hydrogen) atoms. The standard InChI is InChI=1S/C42H83O19P3S/c1-2-3-4-5-6-7-8-11-14-17-20-23-26-29-35(43)58-34(32-36(44)56-30-27-24-21-18-15-12-9-10-13-16-19-22-25-28-31-65)33-57-64(54,55)61-40-37(45)38(46)41(59-62(48,49)50)42(39(40)47)60-63(51,52)53/h34,37-42,45-47,65H,2-33H2,1H3,(H,54,55)(H2,48,49,50)(H2,51,52,53)/t34-,37+,38-,39?,40?,41?,42+/m1/s1. The lowest BCUT2D eigenvalue weighted by Gasteiger charge is -2.44. The van der Waals surface area contributed by atoms with E-state index in [0.29, 0.717) is 12.8 Å². The monoisotopic (exact) mass is 1020 g/mol. The third-order valence-electron chi connectivity index (χ3n) is 11.2. The minimum Gasteiger partial charge on any atom is -0.466 e. The second kappa shape index (κ2) is 36.4. The van der Waals surface area contributed by atoms with Crippen molar-refractivity contribution in [2.45, 2.75) is 236 Å². The molecule has 4 unspecified atom stereocenters. The molecule has 1 aliphatic carbocycles. The molecule has 23 heteroatoms. The van der Waals surface area contributed by atoms with Gasteiger partial charge in [0.05, 0.1) is 19.6 Å². The number of aliphatic hydroxyl groups is 3. The van der Waals surface area contributed by atoms with Gasteiger partial charge in [0.15, 0.2) is 0 Å². The Morgan fingerprint density at radius 1 is 0.508 bits per heavy atom. The number of rotatable bonds is 42. The van der Waals surface area contributed by atoms with Gasteiger partial charge in [-0.1, -0.05) is 161 Å². The van der Waals surface area contributed by atoms with Crippen LogP contribution in [-0.4, -0.2) is 113 Å². The van der Waals surface area contributed by atoms with Gasteiger partial charge in [0, 0.05) is 6.42 Å². The zero-order chi connectivity index (χ0) is 48.6. The van der Waals surface area contributed by atoms with Crippen LogP contribution >= 0.6 is 36.1 Å². The average molecular weight is 1020 g/mol. The van der Waals surface area contributed by atoms with E-state index < -0.39 is 91.2 Å². The fourth-order valence-corrected chi connectivity index (χ4v) is 9.97. The van der Waals surface area contributed by atoms with Crippen LogP contribution in [0.15, 0.2) is 0 Å². The zero-order valence-electron chi connectivity index (χ0n) is 38.5. The van der Waals surface area contributed by atoms with Crippen LogP contribution in [0, 0.1) is 0 Å². The predicted molar refractivity (Wildman–Crippen MR) is 247 cm³/mol. The Morgan fingerprint density at radius 2 is 0.892 bits per heavy atom. The number of phosphoric ester groups is 3. The topological polar surface area (TPSA) is 303 Å². The molecule has 0 spiro atoms. The lowest BCUT2D eigenvalue weighted by molar-refractivity contribution is -0.213. The zero-order valence-corrected chi connectivity index (χ0v) is 42.1. The quantitative estimate of drug-likeness (QED) is 0.0120. The molecule has 1 rings (SSSR count). The van der Waals surface area contributed by atoms with Crippen LogP contribution < -0.4 is 0 Å². The van der Waals surface area contributed by atoms with Gasteiger partial charge in [-0.05, 0) is 25.0 Å². The van der Waals surface area contributed by atoms with Crippen molar-refractivity contribution in [3.05, 3.63) is 0 Å². The van der Waals surface area contributed by atoms with Crippen LogP contribution in [0.5, 0.6) is 0 Å². The number of carbonyl (C=O) groups is 2. The van der Waals surface area contributed by atoms with Gasteiger partial charge in [-0.15, -0.1) is 0 Å². The van der Waals surface area contributed by atoms with Crippen molar-refractivity contribution >= 4 is 48.0 Å². The highest BCUT2D eigenvalue weighted by molar-refractivity contribution is 7.80. The number of hydrogen-bond acceptors (Lipinski definition) is 15. The molecular formula is C42H83O19P3S. The van der Waals surface area contributed by atoms with E-state index in [1.807, 2.05) is 0 Å². The lowest BCUT2D eigenvalue weighted by atomic mass is 9.85. The number of phosphoric acid groups is 3. The summed E-state index contributed by atoms with van der Waals surface area (Å²) in [6.07, 6.45) is 13.1. The summed E-state index contributed by atoms with van der Waals surface area (Å²) < 4.78 is 65.5. The number of ether oxygens (including phenoxy) is 2. The largest absolute Gasteiger partial charge is 0.472 e. The van der Waals surface area contributed by atoms with Crippen molar-refractivity contribution in [3.8, 4) is 0 Å². The Kier molecular flexibility index (Phi) is 35.1. The third kappa shape index (κ3) is 32.9. The van der Waals surface area contributed by atoms with Gasteiger partial charge >= 0.3 is 35.4 Å². The van der Waals surface area contributed by atoms with Crippen LogP contribution in [-0.2, 0) is 50.9 Å². The summed E-state index contributed by atoms with van der Waals surface area (Å²) in [6, 6.07) is 0. The molecule has 0 radical (unpaired) electrons. The summed E-state index contributed by atoms with van der Waals surface area (Å²) in [4.78, 5) is 73.4. The molecule has 0 aromatic rings. The highest BCUT2D eigenvalue weighted by atomic mass is 32.1. The highest BCUT2D eigenvalue weighted by Crippen LogP contribution is 2.51. The Labute approximate surface area is 392 Å². The second-order valence-corrected chi connectivity index (χ2v) is 21.4. The van der Waals surface area contributed by atoms with Gasteiger partial charge in [0.25, 0.3) is 0 Å². The molecule has 0 aromatic carbocycles. The highest BCUT2D eigenvalue weighted by Gasteiger charge is 2.56. The molecular weight excluding hydrogens is 933 g/mol. The molecule has 19 nitrogen and oxygen atoms in total. The molecule has 0 saturated heterocycles. The van der Waals surface area contributed by atoms with E-state index in [-0.39, 0.29) is 13.0 Å². The summed E-state index contributed by atoms with van der Waals surface area (Å²) >= 11 is 4.25. The van der Waals surface area contributed by atoms with Crippen LogP contribution in [0.25, 0.3) is 0 Å². The Morgan fingerprint density at radius 3 is 1.32 bits per heavy atom. The Bertz CT molecular complexity index is 1390. The van der Waals surface area contributed by atoms with Gasteiger partial charge in [0.1, 0.15) is 42.7 Å². The van der Waals surface area contributed by atoms with Crippen LogP contribution in [0.3, 0.4) is 0 Å². The SMILES string of the molecule is CCCCCCCCCCCCCCCC(=O)O[C@@H](COP(=O)(O)OC1C(O)[C@H](OP(=O)(O)O)C(OP(=O)(O)O)[C@H](O)[C@@H]1O)CC(=O)OCCCCCCCCCCCCCCCCS. The predicted octanol–water partition coefficient (Wildman–Crippen LogP) is 8.26. The van der Waals surface area contributed by atoms with Crippen molar-refractivity contribution in [2.24, 2.45) is 0 Å². The fourth-order valence-electron chi connectivity index (χ4n) is 7.65. The first-order valence-corrected chi connectivity index (χ1v) is 29.1. The van der Waals surface area contributed by atoms with Crippen molar-refractivity contribution in [1.82, 2.24) is 0 Å². The van der Waals surface area contributed by atoms with Crippen LogP contribution in [0.2, 0.25) is 0 Å². The number of aliphatic hydroxyl groups excluding tert-OH is 3. The molecule has 8 atom stereocenters. The van der Waals surface area contributed by atoms with Gasteiger partial charge in [0.2, 0.25) is 0 Å². The minimum atomic E-state index is -5.60. The summed E-state index contributed by atoms with van der Waals surface area (Å²) in [5, 5.41) is 31.9. The van der Waals surface area contributed by atoms with E-state index in [1.165, 1.54) is 103 Å². The van der Waals surface area contributed by atoms with E-state index in [0.717, 1.165) is 63.5 Å². The van der Waals surface area contributed by atoms with Crippen molar-refractivity contribution in [3.63, 3.8) is 0 Å². The summed E-state index contributed by atoms with van der Waals surface area (Å²) in [5.74, 6) is -0.534. The molecule has 386 valence electrons. The summed E-state index contributed by atoms with van der Waals surface area (Å²) in [5.41, 5.74) is 0. The summed E-state index contributed by atoms with van der Waals surface area (Å²) in [6.45, 7) is 1.36. The van der Waals surface area contributed by atoms with Gasteiger partial charge in [-0.25, -0.2) is 13.7 Å². The number of thiol groups is 1. The number of unbranched alkanes of at least 4 members (excludes halogenated alkanes) is 25. The Hall–Kier alpha value is -0.500. The first-order chi connectivity index (χ1) is 30.8. The maximum atomic E-state index is 13.1. The lowest BCUT2D eigenvalue weighted by Crippen LogP contribution is -2.65. The van der Waals surface area contributed by atoms with E-state index in [1.54, 1.807) is 0 Å². The molecule has 1 fully saturated rings. The molecule has 8 N–H and O–H groups in total. The molecule has 0 aromatic heterocycles. The van der Waals surface area contributed by atoms with E-state index in [9.17, 15) is 63.1 Å². The molecule has 0 aliphatic heterocycles. The molecule has 0 heterocycles. The maximum absolute atomic E-state index is 13.1. The molecule has 1 aliphatic rings. The third-order valence-corrected chi connectivity index (χ3v) is 13.5. The molecule has 0 amide bonds. The first-order valence-electron chi connectivity index (χ1n) is 23.9. The fraction of sp³-hybridized carbons (Fsp3) is 0.952. The maximum Gasteiger partial charge on any atom is 0.472 e. The number of esters is 2. The number of carbonyl (C=O) groups excluding carboxylic acids is 2. The average Bonchev–Trinajstić information content (AvgIpc) is 3.22. The number of hydrogen-bond donors (Lipinski definition) is 9. The van der Waals surface area contributed by atoms with Crippen LogP contribution in [0.1, 0.15) is 193 Å². The summed E-state index contributed by atoms with van der Waals surface area (Å²) in [7, 11) is -16.6. The Balaban J connectivity index is 2.71. The minimum absolute atomic E-state index is 0.00919. The van der Waals surface area contributed by atoms with E-state index in [4.69, 9.17) is 18.5 Å². The van der Waals surface area contributed by atoms with E-state index >= 15 is 0 Å². The van der Waals surface area contributed by atoms with Crippen molar-refractivity contribution < 1.29 is 90.6 Å². The van der Waals surface area contributed by atoms with Gasteiger partial charge in [-0.2, -0.15) is 12.6 Å². The van der Waals surface area contributed by atoms with E-state index in [2.05, 4.69) is 28.6 Å².